The maximum Gasteiger partial charge on any atom is 0.255 e. The van der Waals surface area contributed by atoms with Crippen LogP contribution in [0.15, 0.2) is 83.8 Å². The van der Waals surface area contributed by atoms with Gasteiger partial charge in [-0.3, -0.25) is 28.8 Å². The number of hydrogen-bond acceptors (Lipinski definition) is 13. The number of carbonyl (C=O) groups excluding carboxylic acids is 6. The molecule has 1 aliphatic carbocycles. The molecule has 15 nitrogen and oxygen atoms in total. The zero-order valence-corrected chi connectivity index (χ0v) is 54.9. The van der Waals surface area contributed by atoms with Crippen LogP contribution in [0.5, 0.6) is 0 Å². The molecule has 84 heavy (non-hydrogen) atoms. The lowest BCUT2D eigenvalue weighted by atomic mass is 9.99. The number of rotatable bonds is 19. The first kappa shape index (κ1) is 67.1. The van der Waals surface area contributed by atoms with Crippen molar-refractivity contribution in [3.05, 3.63) is 117 Å². The Bertz CT molecular complexity index is 3110. The van der Waals surface area contributed by atoms with Crippen molar-refractivity contribution in [3.63, 3.8) is 0 Å². The van der Waals surface area contributed by atoms with Crippen molar-refractivity contribution in [1.82, 2.24) is 40.6 Å². The predicted octanol–water partition coefficient (Wildman–Crippen LogP) is 12.2. The van der Waals surface area contributed by atoms with Crippen molar-refractivity contribution in [2.45, 2.75) is 199 Å². The average Bonchev–Trinajstić information content (AvgIpc) is 2.13. The summed E-state index contributed by atoms with van der Waals surface area (Å²) in [6, 6.07) is 23.2. The zero-order valence-electron chi connectivity index (χ0n) is 51.6. The van der Waals surface area contributed by atoms with Gasteiger partial charge in [-0.15, -0.1) is 22.7 Å². The van der Waals surface area contributed by atoms with Crippen LogP contribution in [0.3, 0.4) is 0 Å². The number of nitriles is 1. The first-order valence-corrected chi connectivity index (χ1v) is 33.2. The van der Waals surface area contributed by atoms with E-state index in [1.807, 2.05) is 155 Å². The Hall–Kier alpha value is -6.07. The normalized spacial score (nSPS) is 17.6. The van der Waals surface area contributed by atoms with E-state index >= 15 is 0 Å². The number of nitrogens with one attached hydrogen (secondary N) is 3. The summed E-state index contributed by atoms with van der Waals surface area (Å²) in [6.07, 6.45) is 3.67. The fraction of sp³-hybridized carbons (Fsp3) is 0.523. The second kappa shape index (κ2) is 29.8. The van der Waals surface area contributed by atoms with Crippen molar-refractivity contribution in [1.29, 1.82) is 5.26 Å². The van der Waals surface area contributed by atoms with Gasteiger partial charge in [-0.05, 0) is 124 Å². The third kappa shape index (κ3) is 16.1. The quantitative estimate of drug-likeness (QED) is 0.0711. The lowest BCUT2D eigenvalue weighted by molar-refractivity contribution is -0.142. The number of nitrogens with zero attached hydrogens (tertiary/aromatic N) is 6. The van der Waals surface area contributed by atoms with Gasteiger partial charge in [0, 0.05) is 47.8 Å². The minimum atomic E-state index is -1.03. The van der Waals surface area contributed by atoms with Crippen LogP contribution in [0, 0.1) is 30.6 Å². The lowest BCUT2D eigenvalue weighted by Crippen LogP contribution is -2.60. The Morgan fingerprint density at radius 1 is 0.690 bits per heavy atom. The Balaban J connectivity index is 0.000000255. The molecule has 0 radical (unpaired) electrons. The molecule has 0 bridgehead atoms. The van der Waals surface area contributed by atoms with Gasteiger partial charge in [0.25, 0.3) is 5.91 Å². The molecular weight excluding hydrogens is 1130 g/mol. The molecule has 2 saturated heterocycles. The molecule has 5 aromatic rings. The second-order valence-electron chi connectivity index (χ2n) is 22.9. The molecule has 4 aliphatic rings. The van der Waals surface area contributed by atoms with Crippen LogP contribution in [0.4, 0.5) is 0 Å². The van der Waals surface area contributed by atoms with Crippen molar-refractivity contribution >= 4 is 81.6 Å². The summed E-state index contributed by atoms with van der Waals surface area (Å²) in [4.78, 5) is 97.6. The number of amides is 6. The van der Waals surface area contributed by atoms with Crippen LogP contribution in [-0.4, -0.2) is 117 Å². The second-order valence-corrected chi connectivity index (χ2v) is 29.0. The van der Waals surface area contributed by atoms with Gasteiger partial charge in [0.05, 0.1) is 38.2 Å². The van der Waals surface area contributed by atoms with E-state index in [0.717, 1.165) is 55.4 Å². The summed E-state index contributed by atoms with van der Waals surface area (Å²) in [6.45, 7) is 30.4. The van der Waals surface area contributed by atoms with E-state index in [1.54, 1.807) is 60.9 Å². The van der Waals surface area contributed by atoms with Gasteiger partial charge in [-0.2, -0.15) is 28.8 Å². The number of fused-ring (bicyclic) bond motifs is 1. The molecule has 19 heteroatoms. The highest BCUT2D eigenvalue weighted by Gasteiger charge is 2.54. The predicted molar refractivity (Wildman–Crippen MR) is 343 cm³/mol. The maximum absolute atomic E-state index is 14.4. The van der Waals surface area contributed by atoms with Crippen molar-refractivity contribution in [2.75, 3.05) is 13.1 Å². The molecule has 2 aromatic heterocycles. The van der Waals surface area contributed by atoms with Gasteiger partial charge in [0.15, 0.2) is 0 Å². The standard InChI is InChI=1S/C32H38N4O3S2.C29H37N5O3S2.2C2H6/c1-20(2)41-32(4,5)28(36-18-24-9-6-7-10-25(24)30(36)38)31(39)35-16-8-11-26(35)29(37)33-17-22-12-14-23(15-13-22)27-21(3)34-19-40-27;1-18(2)39-28(4,5)24(33-27(37)29(16-30)12-13-29)26(36)34-14-6-7-22(34)25(35)31-15-20-8-10-21(11-9-20)23-19(3)32-17-38-23;2*1-2/h6-7,9-10,12-15,19-20,26,28H,8,11,16-18H2,1-5H3,(H,33,37);8-11,17-18,22,24H,6-7,12-15H2,1-5H3,(H,31,35)(H,33,37);2*1-2H3. The van der Waals surface area contributed by atoms with Crippen molar-refractivity contribution < 1.29 is 28.8 Å². The molecule has 6 amide bonds. The highest BCUT2D eigenvalue weighted by atomic mass is 32.2. The first-order valence-electron chi connectivity index (χ1n) is 29.7. The number of aromatic nitrogens is 2. The van der Waals surface area contributed by atoms with E-state index in [2.05, 4.69) is 58.0 Å². The van der Waals surface area contributed by atoms with E-state index in [0.29, 0.717) is 70.4 Å². The van der Waals surface area contributed by atoms with Crippen LogP contribution in [0.2, 0.25) is 0 Å². The summed E-state index contributed by atoms with van der Waals surface area (Å²) in [5, 5.41) is 19.0. The molecule has 3 N–H and O–H groups in total. The van der Waals surface area contributed by atoms with Gasteiger partial charge in [0.2, 0.25) is 29.5 Å². The fourth-order valence-electron chi connectivity index (χ4n) is 11.2. The fourth-order valence-corrected chi connectivity index (χ4v) is 15.9. The molecule has 3 aromatic carbocycles. The number of thiazole rings is 2. The van der Waals surface area contributed by atoms with Crippen LogP contribution in [0.25, 0.3) is 20.9 Å². The SMILES string of the molecule is CC.CC.Cc1ncsc1-c1ccc(CNC(=O)C2CCCN2C(=O)C(N2Cc3ccccc3C2=O)C(C)(C)SC(C)C)cc1.Cc1ncsc1-c1ccc(CNC(=O)C2CCCN2C(=O)C(NC(=O)C2(C#N)CC2)C(C)(C)SC(C)C)cc1. The summed E-state index contributed by atoms with van der Waals surface area (Å²) < 4.78 is -1.18. The number of carbonyl (C=O) groups is 6. The summed E-state index contributed by atoms with van der Waals surface area (Å²) in [5.41, 5.74) is 10.4. The van der Waals surface area contributed by atoms with Gasteiger partial charge >= 0.3 is 0 Å². The molecular formula is C65H87N9O6S4. The van der Waals surface area contributed by atoms with E-state index in [1.165, 1.54) is 0 Å². The summed E-state index contributed by atoms with van der Waals surface area (Å²) in [5.74, 6) is -1.27. The van der Waals surface area contributed by atoms with Gasteiger partial charge < -0.3 is 30.7 Å². The van der Waals surface area contributed by atoms with Crippen LogP contribution >= 0.6 is 46.2 Å². The smallest absolute Gasteiger partial charge is 0.255 e. The molecule has 9 rings (SSSR count). The van der Waals surface area contributed by atoms with E-state index in [9.17, 15) is 34.0 Å². The molecule has 452 valence electrons. The Kier molecular flexibility index (Phi) is 23.8. The zero-order chi connectivity index (χ0) is 61.7. The minimum absolute atomic E-state index is 0.117. The number of aryl methyl sites for hydroxylation is 2. The van der Waals surface area contributed by atoms with Crippen molar-refractivity contribution in [2.24, 2.45) is 5.41 Å². The topological polar surface area (TPSA) is 198 Å². The largest absolute Gasteiger partial charge is 0.350 e. The Morgan fingerprint density at radius 2 is 1.14 bits per heavy atom. The molecule has 4 atom stereocenters. The average molecular weight is 1220 g/mol. The molecule has 1 saturated carbocycles. The molecule has 0 spiro atoms. The minimum Gasteiger partial charge on any atom is -0.350 e. The van der Waals surface area contributed by atoms with Gasteiger partial charge in [-0.25, -0.2) is 9.97 Å². The Labute approximate surface area is 515 Å². The highest BCUT2D eigenvalue weighted by molar-refractivity contribution is 8.01. The van der Waals surface area contributed by atoms with Crippen molar-refractivity contribution in [3.8, 4) is 27.0 Å². The summed E-state index contributed by atoms with van der Waals surface area (Å²) in [7, 11) is 0. The number of thioether (sulfide) groups is 2. The van der Waals surface area contributed by atoms with Gasteiger partial charge in [0.1, 0.15) is 29.6 Å². The highest BCUT2D eigenvalue weighted by Crippen LogP contribution is 2.46. The third-order valence-corrected chi connectivity index (χ3v) is 19.9. The molecule has 4 unspecified atom stereocenters. The number of benzene rings is 3. The van der Waals surface area contributed by atoms with E-state index < -0.39 is 45.0 Å². The third-order valence-electron chi connectivity index (χ3n) is 15.3. The number of hydrogen-bond donors (Lipinski definition) is 3. The number of likely N-dealkylation sites (tertiary alicyclic amines) is 2. The van der Waals surface area contributed by atoms with Crippen LogP contribution in [-0.2, 0) is 43.6 Å². The van der Waals surface area contributed by atoms with Gasteiger partial charge in [-0.1, -0.05) is 122 Å². The monoisotopic (exact) mass is 1220 g/mol. The maximum atomic E-state index is 14.4. The lowest BCUT2D eigenvalue weighted by Gasteiger charge is -2.42. The molecule has 3 fully saturated rings. The first-order chi connectivity index (χ1) is 40.0. The molecule has 3 aliphatic heterocycles. The van der Waals surface area contributed by atoms with E-state index in [4.69, 9.17) is 0 Å². The summed E-state index contributed by atoms with van der Waals surface area (Å²) >= 11 is 6.51. The Morgan fingerprint density at radius 3 is 1.56 bits per heavy atom. The van der Waals surface area contributed by atoms with E-state index in [-0.39, 0.29) is 40.0 Å². The van der Waals surface area contributed by atoms with Crippen LogP contribution < -0.4 is 16.0 Å². The van der Waals surface area contributed by atoms with Crippen LogP contribution in [0.1, 0.15) is 160 Å². The molecule has 5 heterocycles.